The molecule has 0 unspecified atom stereocenters. The van der Waals surface area contributed by atoms with Gasteiger partial charge in [0.05, 0.1) is 17.1 Å². The van der Waals surface area contributed by atoms with Gasteiger partial charge in [0.15, 0.2) is 5.16 Å². The van der Waals surface area contributed by atoms with E-state index >= 15 is 0 Å². The van der Waals surface area contributed by atoms with Crippen LogP contribution in [0.3, 0.4) is 0 Å². The predicted octanol–water partition coefficient (Wildman–Crippen LogP) is 5.50. The summed E-state index contributed by atoms with van der Waals surface area (Å²) in [4.78, 5) is 17.4. The highest BCUT2D eigenvalue weighted by atomic mass is 32.2. The number of para-hydroxylation sites is 3. The van der Waals surface area contributed by atoms with Gasteiger partial charge in [-0.15, -0.1) is 10.2 Å². The average molecular weight is 431 g/mol. The van der Waals surface area contributed by atoms with Crippen molar-refractivity contribution in [1.82, 2.24) is 14.8 Å². The zero-order valence-corrected chi connectivity index (χ0v) is 17.9. The Hall–Kier alpha value is -3.03. The number of hydrogen-bond acceptors (Lipinski definition) is 5. The Morgan fingerprint density at radius 2 is 1.47 bits per heavy atom. The lowest BCUT2D eigenvalue weighted by molar-refractivity contribution is -0.115. The molecule has 0 saturated heterocycles. The molecule has 7 heteroatoms. The number of hydrogen-bond donors (Lipinski definition) is 0. The van der Waals surface area contributed by atoms with Crippen LogP contribution in [0.25, 0.3) is 5.69 Å². The summed E-state index contributed by atoms with van der Waals surface area (Å²) in [6, 6.07) is 26.0. The van der Waals surface area contributed by atoms with Crippen molar-refractivity contribution in [2.24, 2.45) is 0 Å². The van der Waals surface area contributed by atoms with Crippen molar-refractivity contribution in [3.05, 3.63) is 84.7 Å². The van der Waals surface area contributed by atoms with Crippen LogP contribution >= 0.6 is 23.5 Å². The Labute approximate surface area is 183 Å². The van der Waals surface area contributed by atoms with E-state index in [1.54, 1.807) is 11.8 Å². The largest absolute Gasteiger partial charge is 0.278 e. The molecular formula is C23H18N4OS2. The summed E-state index contributed by atoms with van der Waals surface area (Å²) in [5.41, 5.74) is 2.83. The summed E-state index contributed by atoms with van der Waals surface area (Å²) in [6.07, 6.45) is 0. The third kappa shape index (κ3) is 3.40. The third-order valence-corrected chi connectivity index (χ3v) is 6.86. The average Bonchev–Trinajstić information content (AvgIpc) is 3.16. The van der Waals surface area contributed by atoms with Gasteiger partial charge in [0.2, 0.25) is 5.91 Å². The maximum atomic E-state index is 13.4. The fourth-order valence-corrected chi connectivity index (χ4v) is 5.38. The monoisotopic (exact) mass is 430 g/mol. The molecule has 0 atom stereocenters. The Morgan fingerprint density at radius 1 is 0.867 bits per heavy atom. The van der Waals surface area contributed by atoms with E-state index in [-0.39, 0.29) is 11.7 Å². The number of anilines is 2. The summed E-state index contributed by atoms with van der Waals surface area (Å²) in [5, 5.41) is 9.23. The summed E-state index contributed by atoms with van der Waals surface area (Å²) in [5.74, 6) is 1.07. The highest BCUT2D eigenvalue weighted by molar-refractivity contribution is 8.00. The molecule has 0 aliphatic carbocycles. The van der Waals surface area contributed by atoms with E-state index in [4.69, 9.17) is 0 Å². The minimum atomic E-state index is 0.0143. The van der Waals surface area contributed by atoms with Crippen LogP contribution in [-0.2, 0) is 4.79 Å². The molecule has 0 N–H and O–H groups in total. The Bertz CT molecular complexity index is 1180. The van der Waals surface area contributed by atoms with Crippen molar-refractivity contribution in [2.45, 2.75) is 21.9 Å². The number of carbonyl (C=O) groups excluding carboxylic acids is 1. The summed E-state index contributed by atoms with van der Waals surface area (Å²) >= 11 is 3.10. The maximum absolute atomic E-state index is 13.4. The topological polar surface area (TPSA) is 51.0 Å². The minimum Gasteiger partial charge on any atom is -0.278 e. The molecule has 0 saturated carbocycles. The molecule has 30 heavy (non-hydrogen) atoms. The first-order valence-electron chi connectivity index (χ1n) is 9.51. The van der Waals surface area contributed by atoms with Crippen molar-refractivity contribution in [1.29, 1.82) is 0 Å². The molecule has 1 amide bonds. The molecule has 0 radical (unpaired) electrons. The van der Waals surface area contributed by atoms with E-state index in [0.717, 1.165) is 32.7 Å². The second-order valence-corrected chi connectivity index (χ2v) is 8.78. The van der Waals surface area contributed by atoms with Crippen molar-refractivity contribution in [3.8, 4) is 5.69 Å². The molecule has 1 aliphatic heterocycles. The number of aromatic nitrogens is 3. The fraction of sp³-hybridized carbons (Fsp3) is 0.0870. The van der Waals surface area contributed by atoms with Crippen LogP contribution in [0.4, 0.5) is 11.4 Å². The smallest absolute Gasteiger partial charge is 0.242 e. The van der Waals surface area contributed by atoms with E-state index < -0.39 is 0 Å². The molecule has 2 heterocycles. The van der Waals surface area contributed by atoms with Gasteiger partial charge < -0.3 is 0 Å². The molecule has 5 nitrogen and oxygen atoms in total. The van der Waals surface area contributed by atoms with Gasteiger partial charge in [-0.2, -0.15) is 0 Å². The lowest BCUT2D eigenvalue weighted by atomic mass is 10.2. The lowest BCUT2D eigenvalue weighted by Crippen LogP contribution is -2.30. The van der Waals surface area contributed by atoms with E-state index in [1.165, 1.54) is 11.8 Å². The molecule has 0 bridgehead atoms. The van der Waals surface area contributed by atoms with Crippen LogP contribution in [-0.4, -0.2) is 26.4 Å². The van der Waals surface area contributed by atoms with Gasteiger partial charge in [-0.1, -0.05) is 66.0 Å². The molecule has 4 aromatic rings. The summed E-state index contributed by atoms with van der Waals surface area (Å²) in [7, 11) is 0. The number of nitrogens with zero attached hydrogens (tertiary/aromatic N) is 4. The number of aryl methyl sites for hydroxylation is 1. The lowest BCUT2D eigenvalue weighted by Gasteiger charge is -2.30. The number of rotatable bonds is 4. The molecular weight excluding hydrogens is 412 g/mol. The SMILES string of the molecule is Cc1nnc(SCC(=O)N2c3ccccc3Sc3ccccc32)n1-c1ccccc1. The van der Waals surface area contributed by atoms with Crippen molar-refractivity contribution < 1.29 is 4.79 Å². The van der Waals surface area contributed by atoms with Gasteiger partial charge in [0.25, 0.3) is 0 Å². The standard InChI is InChI=1S/C23H18N4OS2/c1-16-24-25-23(26(16)17-9-3-2-4-10-17)29-15-22(28)27-18-11-5-7-13-20(18)30-21-14-8-6-12-19(21)27/h2-14H,15H2,1H3. The maximum Gasteiger partial charge on any atom is 0.242 e. The van der Waals surface area contributed by atoms with Crippen LogP contribution in [0.1, 0.15) is 5.82 Å². The first-order chi connectivity index (χ1) is 14.7. The van der Waals surface area contributed by atoms with E-state index in [1.807, 2.05) is 83.1 Å². The van der Waals surface area contributed by atoms with Crippen LogP contribution in [0.15, 0.2) is 93.8 Å². The van der Waals surface area contributed by atoms with Gasteiger partial charge in [-0.3, -0.25) is 14.3 Å². The van der Waals surface area contributed by atoms with Gasteiger partial charge in [-0.05, 0) is 43.3 Å². The number of carbonyl (C=O) groups is 1. The van der Waals surface area contributed by atoms with Gasteiger partial charge in [0.1, 0.15) is 5.82 Å². The molecule has 148 valence electrons. The van der Waals surface area contributed by atoms with Gasteiger partial charge in [-0.25, -0.2) is 0 Å². The van der Waals surface area contributed by atoms with E-state index in [2.05, 4.69) is 22.3 Å². The zero-order chi connectivity index (χ0) is 20.5. The number of thioether (sulfide) groups is 1. The van der Waals surface area contributed by atoms with Crippen LogP contribution in [0.5, 0.6) is 0 Å². The fourth-order valence-electron chi connectivity index (χ4n) is 3.47. The molecule has 0 fully saturated rings. The van der Waals surface area contributed by atoms with Crippen molar-refractivity contribution >= 4 is 40.8 Å². The van der Waals surface area contributed by atoms with Gasteiger partial charge >= 0.3 is 0 Å². The molecule has 3 aromatic carbocycles. The highest BCUT2D eigenvalue weighted by Crippen LogP contribution is 2.48. The quantitative estimate of drug-likeness (QED) is 0.400. The van der Waals surface area contributed by atoms with Gasteiger partial charge in [0, 0.05) is 15.5 Å². The predicted molar refractivity (Wildman–Crippen MR) is 121 cm³/mol. The van der Waals surface area contributed by atoms with Crippen molar-refractivity contribution in [3.63, 3.8) is 0 Å². The summed E-state index contributed by atoms with van der Waals surface area (Å²) < 4.78 is 1.98. The normalized spacial score (nSPS) is 12.4. The summed E-state index contributed by atoms with van der Waals surface area (Å²) in [6.45, 7) is 1.92. The van der Waals surface area contributed by atoms with E-state index in [0.29, 0.717) is 5.16 Å². The third-order valence-electron chi connectivity index (χ3n) is 4.82. The minimum absolute atomic E-state index is 0.0143. The number of benzene rings is 3. The first-order valence-corrected chi connectivity index (χ1v) is 11.3. The molecule has 5 rings (SSSR count). The first kappa shape index (κ1) is 19.0. The number of amides is 1. The van der Waals surface area contributed by atoms with E-state index in [9.17, 15) is 4.79 Å². The molecule has 0 spiro atoms. The molecule has 1 aromatic heterocycles. The molecule has 1 aliphatic rings. The second-order valence-electron chi connectivity index (χ2n) is 6.76. The zero-order valence-electron chi connectivity index (χ0n) is 16.2. The van der Waals surface area contributed by atoms with Crippen molar-refractivity contribution in [2.75, 3.05) is 10.7 Å². The van der Waals surface area contributed by atoms with Crippen LogP contribution < -0.4 is 4.90 Å². The Balaban J connectivity index is 1.44. The Morgan fingerprint density at radius 3 is 2.13 bits per heavy atom. The van der Waals surface area contributed by atoms with Crippen LogP contribution in [0.2, 0.25) is 0 Å². The van der Waals surface area contributed by atoms with Crippen LogP contribution in [0, 0.1) is 6.92 Å². The highest BCUT2D eigenvalue weighted by Gasteiger charge is 2.28. The second kappa shape index (κ2) is 8.01. The Kier molecular flexibility index (Phi) is 5.06. The number of fused-ring (bicyclic) bond motifs is 2.